The van der Waals surface area contributed by atoms with Crippen LogP contribution >= 0.6 is 11.3 Å². The van der Waals surface area contributed by atoms with Crippen molar-refractivity contribution in [2.24, 2.45) is 0 Å². The molecule has 1 fully saturated rings. The molecule has 6 nitrogen and oxygen atoms in total. The maximum atomic E-state index is 5.90. The Morgan fingerprint density at radius 1 is 1.08 bits per heavy atom. The molecule has 4 rings (SSSR count). The maximum Gasteiger partial charge on any atom is 0.257 e. The molecule has 1 atom stereocenters. The van der Waals surface area contributed by atoms with Crippen LogP contribution in [0.4, 0.5) is 5.69 Å². The van der Waals surface area contributed by atoms with E-state index in [0.717, 1.165) is 42.5 Å². The second-order valence-electron chi connectivity index (χ2n) is 6.29. The molecule has 3 heterocycles. The van der Waals surface area contributed by atoms with Gasteiger partial charge in [0.25, 0.3) is 5.89 Å². The van der Waals surface area contributed by atoms with E-state index < -0.39 is 0 Å². The zero-order valence-electron chi connectivity index (χ0n) is 15.0. The number of hydrogen-bond acceptors (Lipinski definition) is 7. The Hall–Kier alpha value is -2.38. The second kappa shape index (κ2) is 7.47. The number of nitrogens with zero attached hydrogens (tertiary/aromatic N) is 4. The molecule has 1 aliphatic heterocycles. The number of ether oxygens (including phenoxy) is 1. The van der Waals surface area contributed by atoms with Gasteiger partial charge in [-0.25, -0.2) is 0 Å². The number of benzene rings is 1. The molecule has 136 valence electrons. The van der Waals surface area contributed by atoms with Crippen molar-refractivity contribution in [3.8, 4) is 16.5 Å². The summed E-state index contributed by atoms with van der Waals surface area (Å²) in [6.45, 7) is 5.89. The van der Waals surface area contributed by atoms with Crippen molar-refractivity contribution in [1.82, 2.24) is 15.1 Å². The van der Waals surface area contributed by atoms with Gasteiger partial charge in [0, 0.05) is 26.2 Å². The topological polar surface area (TPSA) is 54.6 Å². The summed E-state index contributed by atoms with van der Waals surface area (Å²) >= 11 is 1.61. The first-order valence-corrected chi connectivity index (χ1v) is 9.63. The van der Waals surface area contributed by atoms with Crippen LogP contribution in [-0.2, 0) is 0 Å². The summed E-state index contributed by atoms with van der Waals surface area (Å²) in [6.07, 6.45) is 0. The average molecular weight is 370 g/mol. The Labute approximate surface area is 157 Å². The van der Waals surface area contributed by atoms with Gasteiger partial charge in [0.1, 0.15) is 5.75 Å². The van der Waals surface area contributed by atoms with Crippen LogP contribution in [0.5, 0.6) is 5.75 Å². The van der Waals surface area contributed by atoms with Crippen LogP contribution < -0.4 is 9.64 Å². The van der Waals surface area contributed by atoms with Gasteiger partial charge in [-0.3, -0.25) is 4.90 Å². The lowest BCUT2D eigenvalue weighted by atomic mass is 10.2. The summed E-state index contributed by atoms with van der Waals surface area (Å²) < 4.78 is 11.4. The predicted molar refractivity (Wildman–Crippen MR) is 103 cm³/mol. The molecule has 0 unspecified atom stereocenters. The lowest BCUT2D eigenvalue weighted by molar-refractivity contribution is 0.173. The number of anilines is 1. The van der Waals surface area contributed by atoms with Crippen molar-refractivity contribution in [3.63, 3.8) is 0 Å². The van der Waals surface area contributed by atoms with E-state index in [1.165, 1.54) is 0 Å². The van der Waals surface area contributed by atoms with E-state index in [9.17, 15) is 0 Å². The SMILES string of the molecule is COc1ccccc1N1CCN([C@H](C)c2nnc(-c3cccs3)o2)CC1. The molecule has 0 N–H and O–H groups in total. The van der Waals surface area contributed by atoms with Gasteiger partial charge in [-0.15, -0.1) is 21.5 Å². The van der Waals surface area contributed by atoms with Crippen LogP contribution in [0.15, 0.2) is 46.2 Å². The van der Waals surface area contributed by atoms with E-state index >= 15 is 0 Å². The van der Waals surface area contributed by atoms with Gasteiger partial charge in [0.2, 0.25) is 5.89 Å². The van der Waals surface area contributed by atoms with Crippen molar-refractivity contribution in [1.29, 1.82) is 0 Å². The average Bonchev–Trinajstić information content (AvgIpc) is 3.39. The first-order valence-electron chi connectivity index (χ1n) is 8.75. The zero-order chi connectivity index (χ0) is 17.9. The molecule has 0 saturated carbocycles. The van der Waals surface area contributed by atoms with Gasteiger partial charge < -0.3 is 14.1 Å². The van der Waals surface area contributed by atoms with Gasteiger partial charge in [-0.05, 0) is 30.5 Å². The van der Waals surface area contributed by atoms with E-state index in [1.54, 1.807) is 18.4 Å². The number of piperazine rings is 1. The number of hydrogen-bond donors (Lipinski definition) is 0. The van der Waals surface area contributed by atoms with Crippen LogP contribution in [0.1, 0.15) is 18.9 Å². The van der Waals surface area contributed by atoms with E-state index in [4.69, 9.17) is 9.15 Å². The molecule has 0 spiro atoms. The Bertz CT molecular complexity index is 841. The Morgan fingerprint density at radius 3 is 2.62 bits per heavy atom. The molecule has 26 heavy (non-hydrogen) atoms. The fourth-order valence-electron chi connectivity index (χ4n) is 3.30. The standard InChI is InChI=1S/C19H22N4O2S/c1-14(18-20-21-19(25-18)17-8-5-13-26-17)22-9-11-23(12-10-22)15-6-3-4-7-16(15)24-2/h3-8,13-14H,9-12H2,1-2H3/t14-/m1/s1. The third kappa shape index (κ3) is 3.32. The third-order valence-corrected chi connectivity index (χ3v) is 5.68. The molecular weight excluding hydrogens is 348 g/mol. The summed E-state index contributed by atoms with van der Waals surface area (Å²) in [5, 5.41) is 10.5. The van der Waals surface area contributed by atoms with Gasteiger partial charge >= 0.3 is 0 Å². The number of aromatic nitrogens is 2. The van der Waals surface area contributed by atoms with Crippen LogP contribution in [0.2, 0.25) is 0 Å². The smallest absolute Gasteiger partial charge is 0.257 e. The fraction of sp³-hybridized carbons (Fsp3) is 0.368. The molecule has 2 aromatic heterocycles. The summed E-state index contributed by atoms with van der Waals surface area (Å²) in [5.74, 6) is 2.21. The minimum atomic E-state index is 0.107. The molecule has 3 aromatic rings. The van der Waals surface area contributed by atoms with Crippen LogP contribution in [0, 0.1) is 0 Å². The van der Waals surface area contributed by atoms with E-state index in [0.29, 0.717) is 11.8 Å². The minimum Gasteiger partial charge on any atom is -0.495 e. The number of thiophene rings is 1. The normalized spacial score (nSPS) is 16.6. The molecule has 7 heteroatoms. The largest absolute Gasteiger partial charge is 0.495 e. The van der Waals surface area contributed by atoms with Crippen LogP contribution in [-0.4, -0.2) is 48.4 Å². The first-order chi connectivity index (χ1) is 12.8. The summed E-state index contributed by atoms with van der Waals surface area (Å²) in [5.41, 5.74) is 1.15. The lowest BCUT2D eigenvalue weighted by Crippen LogP contribution is -2.47. The van der Waals surface area contributed by atoms with Gasteiger partial charge in [-0.2, -0.15) is 0 Å². The quantitative estimate of drug-likeness (QED) is 0.683. The zero-order valence-corrected chi connectivity index (χ0v) is 15.8. The molecule has 0 radical (unpaired) electrons. The molecule has 0 amide bonds. The molecular formula is C19H22N4O2S. The lowest BCUT2D eigenvalue weighted by Gasteiger charge is -2.38. The highest BCUT2D eigenvalue weighted by atomic mass is 32.1. The van der Waals surface area contributed by atoms with Gasteiger partial charge in [-0.1, -0.05) is 18.2 Å². The maximum absolute atomic E-state index is 5.90. The van der Waals surface area contributed by atoms with E-state index in [1.807, 2.05) is 29.6 Å². The van der Waals surface area contributed by atoms with Crippen molar-refractivity contribution >= 4 is 17.0 Å². The van der Waals surface area contributed by atoms with Crippen molar-refractivity contribution in [2.45, 2.75) is 13.0 Å². The van der Waals surface area contributed by atoms with Gasteiger partial charge in [0.05, 0.1) is 23.7 Å². The summed E-state index contributed by atoms with van der Waals surface area (Å²) in [7, 11) is 1.72. The third-order valence-electron chi connectivity index (χ3n) is 4.82. The van der Waals surface area contributed by atoms with E-state index in [-0.39, 0.29) is 6.04 Å². The molecule has 1 saturated heterocycles. The molecule has 0 bridgehead atoms. The number of para-hydroxylation sites is 2. The van der Waals surface area contributed by atoms with Crippen LogP contribution in [0.25, 0.3) is 10.8 Å². The van der Waals surface area contributed by atoms with Gasteiger partial charge in [0.15, 0.2) is 0 Å². The van der Waals surface area contributed by atoms with Crippen molar-refractivity contribution < 1.29 is 9.15 Å². The number of rotatable bonds is 5. The highest BCUT2D eigenvalue weighted by molar-refractivity contribution is 7.13. The summed E-state index contributed by atoms with van der Waals surface area (Å²) in [6, 6.07) is 12.3. The highest BCUT2D eigenvalue weighted by Crippen LogP contribution is 2.31. The Morgan fingerprint density at radius 2 is 1.88 bits per heavy atom. The molecule has 0 aliphatic carbocycles. The second-order valence-corrected chi connectivity index (χ2v) is 7.24. The predicted octanol–water partition coefficient (Wildman–Crippen LogP) is 3.69. The molecule has 1 aliphatic rings. The first kappa shape index (κ1) is 17.1. The van der Waals surface area contributed by atoms with Crippen molar-refractivity contribution in [3.05, 3.63) is 47.7 Å². The Balaban J connectivity index is 1.41. The highest BCUT2D eigenvalue weighted by Gasteiger charge is 2.26. The fourth-order valence-corrected chi connectivity index (χ4v) is 3.94. The summed E-state index contributed by atoms with van der Waals surface area (Å²) in [4.78, 5) is 5.77. The van der Waals surface area contributed by atoms with E-state index in [2.05, 4.69) is 39.1 Å². The molecule has 1 aromatic carbocycles. The number of methoxy groups -OCH3 is 1. The Kier molecular flexibility index (Phi) is 4.90. The minimum absolute atomic E-state index is 0.107. The van der Waals surface area contributed by atoms with Crippen LogP contribution in [0.3, 0.4) is 0 Å². The monoisotopic (exact) mass is 370 g/mol. The van der Waals surface area contributed by atoms with Crippen molar-refractivity contribution in [2.75, 3.05) is 38.2 Å².